The summed E-state index contributed by atoms with van der Waals surface area (Å²) in [6.45, 7) is 4.12. The molecule has 120 valence electrons. The normalized spacial score (nSPS) is 25.0. The highest BCUT2D eigenvalue weighted by Gasteiger charge is 2.62. The number of esters is 1. The molecule has 4 rings (SSSR count). The SMILES string of the molecule is C=CCN1C(=O)[C@@]2(OC(=O)C[C@@H]2c2ccccc2)c2ccccc21. The van der Waals surface area contributed by atoms with Crippen molar-refractivity contribution in [2.45, 2.75) is 17.9 Å². The predicted molar refractivity (Wildman–Crippen MR) is 90.6 cm³/mol. The van der Waals surface area contributed by atoms with Crippen LogP contribution in [0.15, 0.2) is 67.3 Å². The van der Waals surface area contributed by atoms with Crippen LogP contribution in [0.5, 0.6) is 0 Å². The van der Waals surface area contributed by atoms with Crippen LogP contribution in [0.2, 0.25) is 0 Å². The Hall–Kier alpha value is -2.88. The number of benzene rings is 2. The van der Waals surface area contributed by atoms with Crippen molar-refractivity contribution in [3.05, 3.63) is 78.4 Å². The highest BCUT2D eigenvalue weighted by atomic mass is 16.6. The second-order valence-corrected chi connectivity index (χ2v) is 6.10. The lowest BCUT2D eigenvalue weighted by Crippen LogP contribution is -2.43. The van der Waals surface area contributed by atoms with Gasteiger partial charge in [-0.05, 0) is 11.6 Å². The summed E-state index contributed by atoms with van der Waals surface area (Å²) in [4.78, 5) is 27.2. The van der Waals surface area contributed by atoms with Crippen molar-refractivity contribution in [1.29, 1.82) is 0 Å². The van der Waals surface area contributed by atoms with Gasteiger partial charge in [0.15, 0.2) is 0 Å². The third-order valence-corrected chi connectivity index (χ3v) is 4.81. The van der Waals surface area contributed by atoms with Gasteiger partial charge < -0.3 is 9.64 Å². The van der Waals surface area contributed by atoms with Crippen LogP contribution in [-0.4, -0.2) is 18.4 Å². The number of amides is 1. The number of fused-ring (bicyclic) bond motifs is 2. The lowest BCUT2D eigenvalue weighted by molar-refractivity contribution is -0.157. The van der Waals surface area contributed by atoms with Gasteiger partial charge in [0.2, 0.25) is 5.60 Å². The topological polar surface area (TPSA) is 46.6 Å². The van der Waals surface area contributed by atoms with Gasteiger partial charge >= 0.3 is 5.97 Å². The molecule has 0 unspecified atom stereocenters. The number of anilines is 1. The molecule has 0 saturated carbocycles. The van der Waals surface area contributed by atoms with Crippen LogP contribution in [0.4, 0.5) is 5.69 Å². The third kappa shape index (κ3) is 1.86. The van der Waals surface area contributed by atoms with Gasteiger partial charge in [-0.2, -0.15) is 0 Å². The summed E-state index contributed by atoms with van der Waals surface area (Å²) in [6.07, 6.45) is 1.88. The summed E-state index contributed by atoms with van der Waals surface area (Å²) in [5, 5.41) is 0. The molecular formula is C20H17NO3. The Bertz CT molecular complexity index is 830. The first kappa shape index (κ1) is 14.7. The lowest BCUT2D eigenvalue weighted by atomic mass is 9.78. The van der Waals surface area contributed by atoms with E-state index in [4.69, 9.17) is 4.74 Å². The van der Waals surface area contributed by atoms with Crippen molar-refractivity contribution >= 4 is 17.6 Å². The summed E-state index contributed by atoms with van der Waals surface area (Å²) < 4.78 is 5.73. The molecule has 1 spiro atoms. The second-order valence-electron chi connectivity index (χ2n) is 6.10. The first-order valence-corrected chi connectivity index (χ1v) is 7.97. The average molecular weight is 319 g/mol. The fourth-order valence-corrected chi connectivity index (χ4v) is 3.83. The van der Waals surface area contributed by atoms with E-state index in [9.17, 15) is 9.59 Å². The van der Waals surface area contributed by atoms with Crippen molar-refractivity contribution in [2.75, 3.05) is 11.4 Å². The van der Waals surface area contributed by atoms with E-state index in [1.165, 1.54) is 0 Å². The van der Waals surface area contributed by atoms with Crippen molar-refractivity contribution < 1.29 is 14.3 Å². The number of rotatable bonds is 3. The van der Waals surface area contributed by atoms with Gasteiger partial charge in [0, 0.05) is 18.0 Å². The van der Waals surface area contributed by atoms with Crippen molar-refractivity contribution in [3.63, 3.8) is 0 Å². The van der Waals surface area contributed by atoms with Crippen LogP contribution in [0.1, 0.15) is 23.5 Å². The highest BCUT2D eigenvalue weighted by molar-refractivity contribution is 6.10. The standard InChI is InChI=1S/C20H17NO3/c1-2-12-21-17-11-7-6-10-15(17)20(19(21)23)16(13-18(22)24-20)14-8-4-3-5-9-14/h2-11,16H,1,12-13H2/t16-,20-/m1/s1. The smallest absolute Gasteiger partial charge is 0.308 e. The molecule has 2 aromatic rings. The van der Waals surface area contributed by atoms with E-state index in [0.29, 0.717) is 6.54 Å². The van der Waals surface area contributed by atoms with Crippen LogP contribution in [0.25, 0.3) is 0 Å². The summed E-state index contributed by atoms with van der Waals surface area (Å²) >= 11 is 0. The molecule has 0 radical (unpaired) electrons. The van der Waals surface area contributed by atoms with E-state index in [1.807, 2.05) is 54.6 Å². The first-order valence-electron chi connectivity index (χ1n) is 7.97. The Morgan fingerprint density at radius 1 is 1.12 bits per heavy atom. The van der Waals surface area contributed by atoms with Gasteiger partial charge in [-0.3, -0.25) is 9.59 Å². The Kier molecular flexibility index (Phi) is 3.27. The molecule has 2 heterocycles. The number of hydrogen-bond donors (Lipinski definition) is 0. The van der Waals surface area contributed by atoms with Crippen LogP contribution < -0.4 is 4.90 Å². The fraction of sp³-hybridized carbons (Fsp3) is 0.200. The van der Waals surface area contributed by atoms with E-state index >= 15 is 0 Å². The monoisotopic (exact) mass is 319 g/mol. The quantitative estimate of drug-likeness (QED) is 0.645. The molecule has 1 saturated heterocycles. The molecular weight excluding hydrogens is 302 g/mol. The van der Waals surface area contributed by atoms with Gasteiger partial charge in [-0.25, -0.2) is 0 Å². The summed E-state index contributed by atoms with van der Waals surface area (Å²) in [6, 6.07) is 17.2. The minimum absolute atomic E-state index is 0.191. The lowest BCUT2D eigenvalue weighted by Gasteiger charge is -2.28. The van der Waals surface area contributed by atoms with E-state index < -0.39 is 5.60 Å². The zero-order valence-electron chi connectivity index (χ0n) is 13.1. The van der Waals surface area contributed by atoms with Crippen molar-refractivity contribution in [2.24, 2.45) is 0 Å². The van der Waals surface area contributed by atoms with E-state index in [1.54, 1.807) is 11.0 Å². The van der Waals surface area contributed by atoms with Gasteiger partial charge in [-0.1, -0.05) is 54.6 Å². The molecule has 24 heavy (non-hydrogen) atoms. The summed E-state index contributed by atoms with van der Waals surface area (Å²) in [5.41, 5.74) is 1.22. The van der Waals surface area contributed by atoms with Crippen LogP contribution in [-0.2, 0) is 19.9 Å². The summed E-state index contributed by atoms with van der Waals surface area (Å²) in [5.74, 6) is -0.856. The van der Waals surface area contributed by atoms with E-state index in [2.05, 4.69) is 6.58 Å². The molecule has 0 bridgehead atoms. The van der Waals surface area contributed by atoms with Crippen molar-refractivity contribution in [3.8, 4) is 0 Å². The second kappa shape index (κ2) is 5.34. The molecule has 0 N–H and O–H groups in total. The maximum absolute atomic E-state index is 13.3. The molecule has 0 aromatic heterocycles. The van der Waals surface area contributed by atoms with E-state index in [0.717, 1.165) is 16.8 Å². The number of nitrogens with zero attached hydrogens (tertiary/aromatic N) is 1. The molecule has 2 aromatic carbocycles. The molecule has 2 aliphatic rings. The van der Waals surface area contributed by atoms with Crippen LogP contribution >= 0.6 is 0 Å². The maximum atomic E-state index is 13.3. The first-order chi connectivity index (χ1) is 11.7. The van der Waals surface area contributed by atoms with Gasteiger partial charge in [0.25, 0.3) is 5.91 Å². The molecule has 0 aliphatic carbocycles. The molecule has 4 heteroatoms. The zero-order valence-corrected chi connectivity index (χ0v) is 13.1. The number of ether oxygens (including phenoxy) is 1. The third-order valence-electron chi connectivity index (χ3n) is 4.81. The number of para-hydroxylation sites is 1. The molecule has 2 aliphatic heterocycles. The zero-order chi connectivity index (χ0) is 16.7. The number of carbonyl (C=O) groups excluding carboxylic acids is 2. The molecule has 1 fully saturated rings. The molecule has 1 amide bonds. The van der Waals surface area contributed by atoms with Gasteiger partial charge in [-0.15, -0.1) is 6.58 Å². The van der Waals surface area contributed by atoms with Gasteiger partial charge in [0.1, 0.15) is 0 Å². The predicted octanol–water partition coefficient (Wildman–Crippen LogP) is 3.15. The van der Waals surface area contributed by atoms with Gasteiger partial charge in [0.05, 0.1) is 12.1 Å². The Labute approximate surface area is 140 Å². The average Bonchev–Trinajstić information content (AvgIpc) is 3.08. The van der Waals surface area contributed by atoms with E-state index in [-0.39, 0.29) is 24.2 Å². The fourth-order valence-electron chi connectivity index (χ4n) is 3.83. The minimum atomic E-state index is -1.27. The molecule has 2 atom stereocenters. The Morgan fingerprint density at radius 2 is 1.83 bits per heavy atom. The van der Waals surface area contributed by atoms with Crippen molar-refractivity contribution in [1.82, 2.24) is 0 Å². The maximum Gasteiger partial charge on any atom is 0.308 e. The largest absolute Gasteiger partial charge is 0.443 e. The molecule has 4 nitrogen and oxygen atoms in total. The van der Waals surface area contributed by atoms with Crippen LogP contribution in [0, 0.1) is 0 Å². The minimum Gasteiger partial charge on any atom is -0.443 e. The number of carbonyl (C=O) groups is 2. The Balaban J connectivity index is 1.93. The Morgan fingerprint density at radius 3 is 2.58 bits per heavy atom. The highest BCUT2D eigenvalue weighted by Crippen LogP contribution is 2.55. The number of hydrogen-bond acceptors (Lipinski definition) is 3. The van der Waals surface area contributed by atoms with Crippen LogP contribution in [0.3, 0.4) is 0 Å². The summed E-state index contributed by atoms with van der Waals surface area (Å²) in [7, 11) is 0.